The van der Waals surface area contributed by atoms with Gasteiger partial charge < -0.3 is 14.6 Å². The van der Waals surface area contributed by atoms with Crippen LogP contribution in [0.2, 0.25) is 5.15 Å². The molecule has 7 heteroatoms. The maximum absolute atomic E-state index is 13.3. The lowest BCUT2D eigenvalue weighted by Crippen LogP contribution is -2.38. The second-order valence-corrected chi connectivity index (χ2v) is 8.96. The summed E-state index contributed by atoms with van der Waals surface area (Å²) < 4.78 is 6.41. The average molecular weight is 461 g/mol. The second kappa shape index (κ2) is 8.52. The summed E-state index contributed by atoms with van der Waals surface area (Å²) >= 11 is 6.18. The average Bonchev–Trinajstić information content (AvgIpc) is 2.77. The zero-order chi connectivity index (χ0) is 23.1. The molecule has 1 atom stereocenters. The van der Waals surface area contributed by atoms with E-state index in [1.165, 1.54) is 0 Å². The van der Waals surface area contributed by atoms with Gasteiger partial charge in [0.05, 0.1) is 17.1 Å². The summed E-state index contributed by atoms with van der Waals surface area (Å²) in [7, 11) is 0. The minimum Gasteiger partial charge on any atom is -0.455 e. The van der Waals surface area contributed by atoms with Crippen molar-refractivity contribution in [3.05, 3.63) is 80.9 Å². The molecule has 1 aliphatic heterocycles. The SMILES string of the molecule is Cc1cc(C(C)Nc2ccc(Cl)nc2N2CCC2)c2oc(-c3cccnc3)c(C)c(=O)c2c1. The van der Waals surface area contributed by atoms with Crippen LogP contribution in [-0.2, 0) is 0 Å². The van der Waals surface area contributed by atoms with Gasteiger partial charge in [0.25, 0.3) is 0 Å². The van der Waals surface area contributed by atoms with Crippen LogP contribution in [-0.4, -0.2) is 23.1 Å². The van der Waals surface area contributed by atoms with E-state index in [1.54, 1.807) is 25.4 Å². The highest BCUT2D eigenvalue weighted by Gasteiger charge is 2.23. The summed E-state index contributed by atoms with van der Waals surface area (Å²) in [5.74, 6) is 1.40. The largest absolute Gasteiger partial charge is 0.455 e. The molecule has 5 rings (SSSR count). The van der Waals surface area contributed by atoms with Crippen molar-refractivity contribution in [1.29, 1.82) is 0 Å². The highest BCUT2D eigenvalue weighted by Crippen LogP contribution is 2.35. The number of fused-ring (bicyclic) bond motifs is 1. The predicted molar refractivity (Wildman–Crippen MR) is 133 cm³/mol. The lowest BCUT2D eigenvalue weighted by molar-refractivity contribution is 0.604. The van der Waals surface area contributed by atoms with Crippen molar-refractivity contribution < 1.29 is 4.42 Å². The Kier molecular flexibility index (Phi) is 5.54. The van der Waals surface area contributed by atoms with Crippen LogP contribution in [0.3, 0.4) is 0 Å². The van der Waals surface area contributed by atoms with E-state index in [0.717, 1.165) is 47.7 Å². The summed E-state index contributed by atoms with van der Waals surface area (Å²) in [6, 6.07) is 11.3. The molecule has 33 heavy (non-hydrogen) atoms. The number of nitrogens with one attached hydrogen (secondary N) is 1. The van der Waals surface area contributed by atoms with Crippen LogP contribution in [0.5, 0.6) is 0 Å². The third kappa shape index (κ3) is 3.95. The van der Waals surface area contributed by atoms with Gasteiger partial charge in [0, 0.05) is 42.2 Å². The number of nitrogens with zero attached hydrogens (tertiary/aromatic N) is 3. The topological polar surface area (TPSA) is 71.3 Å². The zero-order valence-corrected chi connectivity index (χ0v) is 19.6. The molecule has 1 unspecified atom stereocenters. The number of aryl methyl sites for hydroxylation is 1. The minimum absolute atomic E-state index is 0.0262. The second-order valence-electron chi connectivity index (χ2n) is 8.57. The highest BCUT2D eigenvalue weighted by atomic mass is 35.5. The first kappa shape index (κ1) is 21.5. The summed E-state index contributed by atoms with van der Waals surface area (Å²) in [4.78, 5) is 24.2. The van der Waals surface area contributed by atoms with Crippen LogP contribution >= 0.6 is 11.6 Å². The summed E-state index contributed by atoms with van der Waals surface area (Å²) in [6.45, 7) is 7.79. The van der Waals surface area contributed by atoms with E-state index in [1.807, 2.05) is 31.2 Å². The van der Waals surface area contributed by atoms with Gasteiger partial charge in [-0.1, -0.05) is 17.7 Å². The number of pyridine rings is 2. The Morgan fingerprint density at radius 3 is 2.70 bits per heavy atom. The molecule has 1 aliphatic rings. The standard InChI is InChI=1S/C26H25ClN4O2/c1-15-12-19(17(3)29-21-7-8-22(27)30-26(21)31-10-5-11-31)25-20(13-15)23(32)16(2)24(33-25)18-6-4-9-28-14-18/h4,6-9,12-14,17,29H,5,10-11H2,1-3H3. The Morgan fingerprint density at radius 1 is 1.18 bits per heavy atom. The first-order chi connectivity index (χ1) is 15.9. The van der Waals surface area contributed by atoms with Crippen molar-refractivity contribution in [3.8, 4) is 11.3 Å². The third-order valence-electron chi connectivity index (χ3n) is 6.15. The van der Waals surface area contributed by atoms with E-state index in [4.69, 9.17) is 16.0 Å². The van der Waals surface area contributed by atoms with Crippen LogP contribution < -0.4 is 15.6 Å². The maximum Gasteiger partial charge on any atom is 0.196 e. The Labute approximate surface area is 197 Å². The van der Waals surface area contributed by atoms with Crippen molar-refractivity contribution in [2.45, 2.75) is 33.2 Å². The smallest absolute Gasteiger partial charge is 0.196 e. The fraction of sp³-hybridized carbons (Fsp3) is 0.269. The number of aromatic nitrogens is 2. The molecule has 0 spiro atoms. The van der Waals surface area contributed by atoms with E-state index in [0.29, 0.717) is 27.4 Å². The quantitative estimate of drug-likeness (QED) is 0.373. The van der Waals surface area contributed by atoms with Gasteiger partial charge in [-0.25, -0.2) is 4.98 Å². The van der Waals surface area contributed by atoms with Crippen LogP contribution in [0.25, 0.3) is 22.3 Å². The Morgan fingerprint density at radius 2 is 2.00 bits per heavy atom. The highest BCUT2D eigenvalue weighted by molar-refractivity contribution is 6.29. The molecule has 0 bridgehead atoms. The van der Waals surface area contributed by atoms with E-state index in [-0.39, 0.29) is 11.5 Å². The lowest BCUT2D eigenvalue weighted by atomic mass is 9.99. The van der Waals surface area contributed by atoms with Crippen LogP contribution in [0.15, 0.2) is 58.0 Å². The van der Waals surface area contributed by atoms with Gasteiger partial charge in [-0.15, -0.1) is 0 Å². The fourth-order valence-corrected chi connectivity index (χ4v) is 4.42. The van der Waals surface area contributed by atoms with Crippen molar-refractivity contribution in [2.24, 2.45) is 0 Å². The van der Waals surface area contributed by atoms with Crippen molar-refractivity contribution in [3.63, 3.8) is 0 Å². The Hall–Kier alpha value is -3.38. The van der Waals surface area contributed by atoms with Crippen LogP contribution in [0.4, 0.5) is 11.5 Å². The third-order valence-corrected chi connectivity index (χ3v) is 6.36. The van der Waals surface area contributed by atoms with Gasteiger partial charge in [-0.05, 0) is 63.1 Å². The monoisotopic (exact) mass is 460 g/mol. The number of anilines is 2. The summed E-state index contributed by atoms with van der Waals surface area (Å²) in [5.41, 5.74) is 4.74. The molecule has 3 aromatic heterocycles. The molecular weight excluding hydrogens is 436 g/mol. The Bertz CT molecular complexity index is 1400. The summed E-state index contributed by atoms with van der Waals surface area (Å²) in [5, 5.41) is 4.63. The van der Waals surface area contributed by atoms with Crippen molar-refractivity contribution >= 4 is 34.1 Å². The maximum atomic E-state index is 13.3. The predicted octanol–water partition coefficient (Wildman–Crippen LogP) is 5.90. The van der Waals surface area contributed by atoms with E-state index < -0.39 is 0 Å². The molecule has 0 amide bonds. The molecule has 1 aromatic carbocycles. The van der Waals surface area contributed by atoms with Crippen LogP contribution in [0, 0.1) is 13.8 Å². The van der Waals surface area contributed by atoms with E-state index >= 15 is 0 Å². The summed E-state index contributed by atoms with van der Waals surface area (Å²) in [6.07, 6.45) is 4.56. The van der Waals surface area contributed by atoms with E-state index in [9.17, 15) is 4.79 Å². The number of halogens is 1. The Balaban J connectivity index is 1.62. The number of hydrogen-bond donors (Lipinski definition) is 1. The van der Waals surface area contributed by atoms with Crippen molar-refractivity contribution in [1.82, 2.24) is 9.97 Å². The molecule has 1 N–H and O–H groups in total. The molecule has 6 nitrogen and oxygen atoms in total. The molecule has 4 aromatic rings. The molecule has 0 radical (unpaired) electrons. The molecule has 0 saturated carbocycles. The number of hydrogen-bond acceptors (Lipinski definition) is 6. The van der Waals surface area contributed by atoms with Gasteiger partial charge in [-0.2, -0.15) is 0 Å². The molecule has 1 fully saturated rings. The van der Waals surface area contributed by atoms with Gasteiger partial charge in [0.15, 0.2) is 11.2 Å². The number of rotatable bonds is 5. The minimum atomic E-state index is -0.136. The molecule has 4 heterocycles. The van der Waals surface area contributed by atoms with Gasteiger partial charge in [0.1, 0.15) is 16.5 Å². The molecule has 168 valence electrons. The molecular formula is C26H25ClN4O2. The van der Waals surface area contributed by atoms with Crippen LogP contribution in [0.1, 0.15) is 36.1 Å². The normalized spacial score (nSPS) is 14.2. The van der Waals surface area contributed by atoms with Gasteiger partial charge >= 0.3 is 0 Å². The first-order valence-corrected chi connectivity index (χ1v) is 11.5. The number of benzene rings is 1. The molecule has 1 saturated heterocycles. The fourth-order valence-electron chi connectivity index (χ4n) is 4.28. The van der Waals surface area contributed by atoms with E-state index in [2.05, 4.69) is 33.2 Å². The van der Waals surface area contributed by atoms with Gasteiger partial charge in [0.2, 0.25) is 0 Å². The zero-order valence-electron chi connectivity index (χ0n) is 18.9. The lowest BCUT2D eigenvalue weighted by Gasteiger charge is -2.34. The molecule has 0 aliphatic carbocycles. The van der Waals surface area contributed by atoms with Gasteiger partial charge in [-0.3, -0.25) is 9.78 Å². The van der Waals surface area contributed by atoms with Crippen molar-refractivity contribution in [2.75, 3.05) is 23.3 Å². The first-order valence-electron chi connectivity index (χ1n) is 11.1.